The van der Waals surface area contributed by atoms with Crippen molar-refractivity contribution in [3.8, 4) is 0 Å². The SMILES string of the molecule is CC(C)CCCCCCC1OC(=O)CNC(=O)C([C@H](C)O)NC(=O)CNC(=O)C(C2CCCCC2)NC(=O)C(CC(C)C)N(C)C(=O)C1C. The lowest BCUT2D eigenvalue weighted by Gasteiger charge is -2.35. The van der Waals surface area contributed by atoms with Gasteiger partial charge in [-0.05, 0) is 56.8 Å². The number of amides is 5. The van der Waals surface area contributed by atoms with E-state index in [-0.39, 0.29) is 17.7 Å². The van der Waals surface area contributed by atoms with Crippen LogP contribution in [0.15, 0.2) is 0 Å². The number of nitrogens with zero attached hydrogens (tertiary/aromatic N) is 1. The molecule has 280 valence electrons. The third kappa shape index (κ3) is 14.3. The van der Waals surface area contributed by atoms with Crippen LogP contribution in [-0.2, 0) is 33.5 Å². The lowest BCUT2D eigenvalue weighted by atomic mass is 9.83. The maximum absolute atomic E-state index is 14.0. The lowest BCUT2D eigenvalue weighted by molar-refractivity contribution is -0.157. The van der Waals surface area contributed by atoms with Crippen molar-refractivity contribution in [3.63, 3.8) is 0 Å². The molecule has 1 aliphatic carbocycles. The Hall–Kier alpha value is -3.22. The third-order valence-electron chi connectivity index (χ3n) is 9.68. The summed E-state index contributed by atoms with van der Waals surface area (Å²) in [6, 6.07) is -3.23. The van der Waals surface area contributed by atoms with Gasteiger partial charge in [0.1, 0.15) is 30.8 Å². The second-order valence-corrected chi connectivity index (χ2v) is 14.9. The highest BCUT2D eigenvalue weighted by Crippen LogP contribution is 2.28. The molecule has 6 atom stereocenters. The van der Waals surface area contributed by atoms with E-state index in [1.807, 2.05) is 13.8 Å². The Morgan fingerprint density at radius 1 is 0.796 bits per heavy atom. The summed E-state index contributed by atoms with van der Waals surface area (Å²) in [5.74, 6) is -3.98. The highest BCUT2D eigenvalue weighted by molar-refractivity contribution is 5.95. The summed E-state index contributed by atoms with van der Waals surface area (Å²) < 4.78 is 5.80. The van der Waals surface area contributed by atoms with Gasteiger partial charge in [-0.3, -0.25) is 28.8 Å². The minimum absolute atomic E-state index is 0.0403. The number of nitrogens with one attached hydrogen (secondary N) is 4. The fourth-order valence-electron chi connectivity index (χ4n) is 6.69. The van der Waals surface area contributed by atoms with Gasteiger partial charge in [-0.1, -0.05) is 79.6 Å². The highest BCUT2D eigenvalue weighted by atomic mass is 16.5. The molecule has 0 radical (unpaired) electrons. The Balaban J connectivity index is 2.43. The first-order chi connectivity index (χ1) is 23.1. The first-order valence-electron chi connectivity index (χ1n) is 18.4. The van der Waals surface area contributed by atoms with Gasteiger partial charge < -0.3 is 36.0 Å². The molecule has 1 aliphatic heterocycles. The van der Waals surface area contributed by atoms with Gasteiger partial charge in [0.15, 0.2) is 0 Å². The van der Waals surface area contributed by atoms with Crippen LogP contribution >= 0.6 is 0 Å². The molecule has 13 nitrogen and oxygen atoms in total. The minimum atomic E-state index is -1.40. The number of ether oxygens (including phenoxy) is 1. The molecular weight excluding hydrogens is 630 g/mol. The van der Waals surface area contributed by atoms with E-state index in [1.54, 1.807) is 14.0 Å². The molecule has 2 fully saturated rings. The third-order valence-corrected chi connectivity index (χ3v) is 9.68. The standard InChI is InChI=1S/C36H63N5O8/c1-22(2)15-11-8-9-14-18-28-24(5)36(48)41(7)27(19-23(3)4)33(45)40-32(26-16-12-10-13-17-26)35(47)37-20-29(43)39-31(25(6)42)34(46)38-21-30(44)49-28/h22-28,31-32,42H,8-21H2,1-7H3,(H,37,47)(H,38,46)(H,39,43)(H,40,45)/t24?,25-,27?,28?,31?,32?/m0/s1. The fraction of sp³-hybridized carbons (Fsp3) is 0.833. The largest absolute Gasteiger partial charge is 0.460 e. The molecule has 0 aromatic heterocycles. The van der Waals surface area contributed by atoms with E-state index in [0.29, 0.717) is 25.2 Å². The highest BCUT2D eigenvalue weighted by Gasteiger charge is 2.38. The van der Waals surface area contributed by atoms with Crippen molar-refractivity contribution < 1.29 is 38.6 Å². The maximum Gasteiger partial charge on any atom is 0.325 e. The summed E-state index contributed by atoms with van der Waals surface area (Å²) in [5, 5.41) is 20.6. The molecule has 0 bridgehead atoms. The number of unbranched alkanes of at least 4 members (excludes halogenated alkanes) is 3. The second kappa shape index (κ2) is 21.1. The van der Waals surface area contributed by atoms with E-state index in [1.165, 1.54) is 11.8 Å². The minimum Gasteiger partial charge on any atom is -0.460 e. The number of carbonyl (C=O) groups excluding carboxylic acids is 6. The van der Waals surface area contributed by atoms with Crippen molar-refractivity contribution in [3.05, 3.63) is 0 Å². The van der Waals surface area contributed by atoms with Crippen LogP contribution in [0.4, 0.5) is 0 Å². The first-order valence-corrected chi connectivity index (χ1v) is 18.4. The van der Waals surface area contributed by atoms with Crippen molar-refractivity contribution in [1.82, 2.24) is 26.2 Å². The van der Waals surface area contributed by atoms with Crippen molar-refractivity contribution in [2.45, 2.75) is 149 Å². The van der Waals surface area contributed by atoms with Crippen LogP contribution in [0.25, 0.3) is 0 Å². The molecule has 5 amide bonds. The molecule has 2 rings (SSSR count). The molecule has 13 heteroatoms. The number of rotatable bonds is 11. The van der Waals surface area contributed by atoms with Gasteiger partial charge >= 0.3 is 5.97 Å². The van der Waals surface area contributed by atoms with Crippen molar-refractivity contribution in [1.29, 1.82) is 0 Å². The molecule has 1 heterocycles. The van der Waals surface area contributed by atoms with Crippen molar-refractivity contribution in [2.75, 3.05) is 20.1 Å². The molecule has 5 unspecified atom stereocenters. The number of aliphatic hydroxyl groups excluding tert-OH is 1. The lowest BCUT2D eigenvalue weighted by Crippen LogP contribution is -2.58. The zero-order chi connectivity index (χ0) is 36.7. The van der Waals surface area contributed by atoms with Crippen molar-refractivity contribution in [2.24, 2.45) is 23.7 Å². The number of cyclic esters (lactones) is 1. The van der Waals surface area contributed by atoms with Crippen LogP contribution in [-0.4, -0.2) is 96.0 Å². The van der Waals surface area contributed by atoms with Crippen molar-refractivity contribution >= 4 is 35.5 Å². The Bertz CT molecular complexity index is 1110. The molecule has 49 heavy (non-hydrogen) atoms. The Morgan fingerprint density at radius 2 is 1.43 bits per heavy atom. The zero-order valence-corrected chi connectivity index (χ0v) is 30.8. The van der Waals surface area contributed by atoms with E-state index in [0.717, 1.165) is 57.8 Å². The van der Waals surface area contributed by atoms with Crippen LogP contribution in [0.5, 0.6) is 0 Å². The number of esters is 1. The Kier molecular flexibility index (Phi) is 18.1. The molecule has 1 saturated heterocycles. The van der Waals surface area contributed by atoms with Gasteiger partial charge in [0, 0.05) is 7.05 Å². The quantitative estimate of drug-likeness (QED) is 0.162. The molecule has 2 aliphatic rings. The van der Waals surface area contributed by atoms with Crippen LogP contribution in [0.1, 0.15) is 119 Å². The number of likely N-dealkylation sites (N-methyl/N-ethyl adjacent to an activating group) is 1. The second-order valence-electron chi connectivity index (χ2n) is 14.9. The van der Waals surface area contributed by atoms with Crippen LogP contribution in [0.3, 0.4) is 0 Å². The first kappa shape index (κ1) is 41.9. The summed E-state index contributed by atoms with van der Waals surface area (Å²) in [7, 11) is 1.56. The average molecular weight is 694 g/mol. The number of aliphatic hydroxyl groups is 1. The predicted octanol–water partition coefficient (Wildman–Crippen LogP) is 2.58. The Morgan fingerprint density at radius 3 is 2.04 bits per heavy atom. The molecule has 0 spiro atoms. The fourth-order valence-corrected chi connectivity index (χ4v) is 6.69. The number of hydrogen-bond donors (Lipinski definition) is 5. The van der Waals surface area contributed by atoms with Gasteiger partial charge in [0.2, 0.25) is 29.5 Å². The molecule has 0 aromatic rings. The monoisotopic (exact) mass is 693 g/mol. The molecular formula is C36H63N5O8. The predicted molar refractivity (Wildman–Crippen MR) is 186 cm³/mol. The summed E-state index contributed by atoms with van der Waals surface area (Å²) >= 11 is 0. The summed E-state index contributed by atoms with van der Waals surface area (Å²) in [5.41, 5.74) is 0. The van der Waals surface area contributed by atoms with Crippen LogP contribution in [0.2, 0.25) is 0 Å². The maximum atomic E-state index is 14.0. The Labute approximate surface area is 292 Å². The van der Waals surface area contributed by atoms with Crippen LogP contribution in [0, 0.1) is 23.7 Å². The molecule has 1 saturated carbocycles. The van der Waals surface area contributed by atoms with E-state index < -0.39 is 78.9 Å². The summed E-state index contributed by atoms with van der Waals surface area (Å²) in [6.07, 6.45) is 7.73. The smallest absolute Gasteiger partial charge is 0.325 e. The topological polar surface area (TPSA) is 183 Å². The van der Waals surface area contributed by atoms with E-state index in [2.05, 4.69) is 35.1 Å². The summed E-state index contributed by atoms with van der Waals surface area (Å²) in [6.45, 7) is 10.2. The van der Waals surface area contributed by atoms with Crippen LogP contribution < -0.4 is 21.3 Å². The molecule has 0 aromatic carbocycles. The van der Waals surface area contributed by atoms with Gasteiger partial charge in [-0.25, -0.2) is 0 Å². The van der Waals surface area contributed by atoms with E-state index in [9.17, 15) is 33.9 Å². The zero-order valence-electron chi connectivity index (χ0n) is 30.8. The summed E-state index contributed by atoms with van der Waals surface area (Å²) in [4.78, 5) is 81.8. The van der Waals surface area contributed by atoms with Gasteiger partial charge in [-0.15, -0.1) is 0 Å². The normalized spacial score (nSPS) is 27.0. The number of carbonyl (C=O) groups is 6. The number of hydrogen-bond acceptors (Lipinski definition) is 8. The van der Waals surface area contributed by atoms with E-state index in [4.69, 9.17) is 4.74 Å². The van der Waals surface area contributed by atoms with Gasteiger partial charge in [-0.2, -0.15) is 0 Å². The van der Waals surface area contributed by atoms with Gasteiger partial charge in [0.05, 0.1) is 18.6 Å². The molecule has 5 N–H and O–H groups in total. The van der Waals surface area contributed by atoms with Gasteiger partial charge in [0.25, 0.3) is 0 Å². The average Bonchev–Trinajstić information content (AvgIpc) is 3.05. The van der Waals surface area contributed by atoms with E-state index >= 15 is 0 Å².